The summed E-state index contributed by atoms with van der Waals surface area (Å²) in [5.41, 5.74) is -0.928. The van der Waals surface area contributed by atoms with Crippen LogP contribution in [0.5, 0.6) is 5.75 Å². The molecule has 1 N–H and O–H groups in total. The van der Waals surface area contributed by atoms with Crippen LogP contribution in [-0.4, -0.2) is 19.2 Å². The molecule has 0 aliphatic carbocycles. The second-order valence-electron chi connectivity index (χ2n) is 4.42. The van der Waals surface area contributed by atoms with Crippen molar-refractivity contribution >= 4 is 0 Å². The number of benzene rings is 1. The topological polar surface area (TPSA) is 45.0 Å². The van der Waals surface area contributed by atoms with Gasteiger partial charge in [-0.05, 0) is 37.6 Å². The molecular formula is C13H13F3N2O. The van der Waals surface area contributed by atoms with Crippen LogP contribution >= 0.6 is 0 Å². The van der Waals surface area contributed by atoms with E-state index < -0.39 is 11.7 Å². The molecule has 19 heavy (non-hydrogen) atoms. The highest BCUT2D eigenvalue weighted by molar-refractivity contribution is 5.43. The number of nitrogens with zero attached hydrogens (tertiary/aromatic N) is 1. The summed E-state index contributed by atoms with van der Waals surface area (Å²) in [5, 5.41) is 11.8. The van der Waals surface area contributed by atoms with Gasteiger partial charge in [-0.15, -0.1) is 0 Å². The number of nitrogens with one attached hydrogen (secondary N) is 1. The zero-order valence-corrected chi connectivity index (χ0v) is 10.1. The molecule has 1 aliphatic rings. The minimum Gasteiger partial charge on any atom is -0.491 e. The molecule has 1 aromatic carbocycles. The highest BCUT2D eigenvalue weighted by Gasteiger charge is 2.35. The Labute approximate surface area is 109 Å². The molecule has 0 bridgehead atoms. The fourth-order valence-corrected chi connectivity index (χ4v) is 2.04. The quantitative estimate of drug-likeness (QED) is 0.918. The van der Waals surface area contributed by atoms with Crippen molar-refractivity contribution in [2.45, 2.75) is 25.1 Å². The molecule has 6 heteroatoms. The van der Waals surface area contributed by atoms with Crippen LogP contribution in [0.2, 0.25) is 0 Å². The highest BCUT2D eigenvalue weighted by Crippen LogP contribution is 2.36. The number of rotatable bonds is 3. The molecule has 1 aromatic rings. The summed E-state index contributed by atoms with van der Waals surface area (Å²) in [6.45, 7) is 1.07. The third kappa shape index (κ3) is 3.38. The molecule has 1 heterocycles. The standard InChI is InChI=1S/C13H13F3N2O/c14-13(15,16)11-6-9(7-17)3-4-12(11)19-8-10-2-1-5-18-10/h3-4,6,10,18H,1-2,5,8H2. The smallest absolute Gasteiger partial charge is 0.420 e. The summed E-state index contributed by atoms with van der Waals surface area (Å²) >= 11 is 0. The van der Waals surface area contributed by atoms with E-state index in [9.17, 15) is 13.2 Å². The van der Waals surface area contributed by atoms with Gasteiger partial charge in [0.1, 0.15) is 12.4 Å². The zero-order chi connectivity index (χ0) is 13.9. The Morgan fingerprint density at radius 3 is 2.79 bits per heavy atom. The first-order chi connectivity index (χ1) is 9.00. The first kappa shape index (κ1) is 13.7. The molecule has 0 amide bonds. The predicted octanol–water partition coefficient (Wildman–Crippen LogP) is 2.71. The van der Waals surface area contributed by atoms with Crippen LogP contribution in [0.4, 0.5) is 13.2 Å². The fourth-order valence-electron chi connectivity index (χ4n) is 2.04. The Bertz CT molecular complexity index is 488. The number of halogens is 3. The summed E-state index contributed by atoms with van der Waals surface area (Å²) in [6, 6.07) is 5.14. The zero-order valence-electron chi connectivity index (χ0n) is 10.1. The monoisotopic (exact) mass is 270 g/mol. The molecule has 1 aliphatic heterocycles. The molecular weight excluding hydrogens is 257 g/mol. The van der Waals surface area contributed by atoms with Crippen LogP contribution in [0.3, 0.4) is 0 Å². The predicted molar refractivity (Wildman–Crippen MR) is 62.7 cm³/mol. The molecule has 3 nitrogen and oxygen atoms in total. The molecule has 1 saturated heterocycles. The van der Waals surface area contributed by atoms with Crippen molar-refractivity contribution in [1.82, 2.24) is 5.32 Å². The van der Waals surface area contributed by atoms with Crippen LogP contribution in [-0.2, 0) is 6.18 Å². The van der Waals surface area contributed by atoms with Gasteiger partial charge < -0.3 is 10.1 Å². The maximum absolute atomic E-state index is 12.9. The van der Waals surface area contributed by atoms with E-state index in [0.29, 0.717) is 0 Å². The van der Waals surface area contributed by atoms with Gasteiger partial charge in [0.2, 0.25) is 0 Å². The van der Waals surface area contributed by atoms with Gasteiger partial charge in [-0.25, -0.2) is 0 Å². The van der Waals surface area contributed by atoms with Gasteiger partial charge in [-0.1, -0.05) is 0 Å². The Morgan fingerprint density at radius 2 is 2.21 bits per heavy atom. The average molecular weight is 270 g/mol. The first-order valence-corrected chi connectivity index (χ1v) is 5.98. The minimum atomic E-state index is -4.52. The van der Waals surface area contributed by atoms with Gasteiger partial charge in [-0.2, -0.15) is 18.4 Å². The van der Waals surface area contributed by atoms with E-state index in [-0.39, 0.29) is 24.0 Å². The van der Waals surface area contributed by atoms with Crippen LogP contribution < -0.4 is 10.1 Å². The first-order valence-electron chi connectivity index (χ1n) is 5.98. The number of alkyl halides is 3. The van der Waals surface area contributed by atoms with Crippen molar-refractivity contribution in [3.05, 3.63) is 29.3 Å². The van der Waals surface area contributed by atoms with E-state index in [2.05, 4.69) is 5.32 Å². The number of hydrogen-bond acceptors (Lipinski definition) is 3. The normalized spacial score (nSPS) is 19.2. The van der Waals surface area contributed by atoms with Crippen molar-refractivity contribution in [3.8, 4) is 11.8 Å². The summed E-state index contributed by atoms with van der Waals surface area (Å²) in [4.78, 5) is 0. The van der Waals surface area contributed by atoms with Gasteiger partial charge in [0, 0.05) is 6.04 Å². The van der Waals surface area contributed by atoms with E-state index >= 15 is 0 Å². The lowest BCUT2D eigenvalue weighted by molar-refractivity contribution is -0.139. The van der Waals surface area contributed by atoms with Gasteiger partial charge in [-0.3, -0.25) is 0 Å². The molecule has 1 fully saturated rings. The third-order valence-corrected chi connectivity index (χ3v) is 3.02. The third-order valence-electron chi connectivity index (χ3n) is 3.02. The molecule has 1 atom stereocenters. The average Bonchev–Trinajstić information content (AvgIpc) is 2.88. The van der Waals surface area contributed by atoms with E-state index in [0.717, 1.165) is 25.5 Å². The summed E-state index contributed by atoms with van der Waals surface area (Å²) in [6.07, 6.45) is -2.61. The van der Waals surface area contributed by atoms with Crippen molar-refractivity contribution in [1.29, 1.82) is 5.26 Å². The van der Waals surface area contributed by atoms with Crippen molar-refractivity contribution < 1.29 is 17.9 Å². The maximum Gasteiger partial charge on any atom is 0.420 e. The number of nitriles is 1. The second kappa shape index (κ2) is 5.49. The Hall–Kier alpha value is -1.74. The van der Waals surface area contributed by atoms with Gasteiger partial charge in [0.15, 0.2) is 0 Å². The molecule has 0 radical (unpaired) electrons. The summed E-state index contributed by atoms with van der Waals surface area (Å²) in [5.74, 6) is -0.222. The maximum atomic E-state index is 12.9. The summed E-state index contributed by atoms with van der Waals surface area (Å²) in [7, 11) is 0. The highest BCUT2D eigenvalue weighted by atomic mass is 19.4. The lowest BCUT2D eigenvalue weighted by Crippen LogP contribution is -2.28. The van der Waals surface area contributed by atoms with Crippen LogP contribution in [0.1, 0.15) is 24.0 Å². The van der Waals surface area contributed by atoms with Crippen molar-refractivity contribution in [3.63, 3.8) is 0 Å². The Kier molecular flexibility index (Phi) is 3.96. The van der Waals surface area contributed by atoms with Crippen molar-refractivity contribution in [2.75, 3.05) is 13.2 Å². The molecule has 0 spiro atoms. The Morgan fingerprint density at radius 1 is 1.42 bits per heavy atom. The minimum absolute atomic E-state index is 0.0290. The van der Waals surface area contributed by atoms with Gasteiger partial charge >= 0.3 is 6.18 Å². The SMILES string of the molecule is N#Cc1ccc(OCC2CCCN2)c(C(F)(F)F)c1. The van der Waals surface area contributed by atoms with E-state index in [1.165, 1.54) is 12.1 Å². The fraction of sp³-hybridized carbons (Fsp3) is 0.462. The van der Waals surface area contributed by atoms with Crippen LogP contribution in [0.25, 0.3) is 0 Å². The Balaban J connectivity index is 2.16. The van der Waals surface area contributed by atoms with Crippen molar-refractivity contribution in [2.24, 2.45) is 0 Å². The van der Waals surface area contributed by atoms with Crippen LogP contribution in [0, 0.1) is 11.3 Å². The van der Waals surface area contributed by atoms with E-state index in [4.69, 9.17) is 10.00 Å². The lowest BCUT2D eigenvalue weighted by Gasteiger charge is -2.16. The van der Waals surface area contributed by atoms with Gasteiger partial charge in [0.25, 0.3) is 0 Å². The number of hydrogen-bond donors (Lipinski definition) is 1. The van der Waals surface area contributed by atoms with Gasteiger partial charge in [0.05, 0.1) is 17.2 Å². The molecule has 102 valence electrons. The van der Waals surface area contributed by atoms with E-state index in [1.54, 1.807) is 6.07 Å². The van der Waals surface area contributed by atoms with Crippen LogP contribution in [0.15, 0.2) is 18.2 Å². The summed E-state index contributed by atoms with van der Waals surface area (Å²) < 4.78 is 43.8. The number of ether oxygens (including phenoxy) is 1. The lowest BCUT2D eigenvalue weighted by atomic mass is 10.1. The molecule has 0 saturated carbocycles. The van der Waals surface area contributed by atoms with E-state index in [1.807, 2.05) is 0 Å². The molecule has 0 aromatic heterocycles. The second-order valence-corrected chi connectivity index (χ2v) is 4.42. The largest absolute Gasteiger partial charge is 0.491 e. The molecule has 2 rings (SSSR count). The molecule has 1 unspecified atom stereocenters.